The Morgan fingerprint density at radius 3 is 2.43 bits per heavy atom. The molecule has 0 saturated carbocycles. The zero-order valence-electron chi connectivity index (χ0n) is 15.7. The molecule has 0 spiro atoms. The molecule has 0 aliphatic rings. The molecule has 0 radical (unpaired) electrons. The van der Waals surface area contributed by atoms with Crippen LogP contribution >= 0.6 is 0 Å². The summed E-state index contributed by atoms with van der Waals surface area (Å²) in [6, 6.07) is 12.3. The third kappa shape index (κ3) is 2.79. The van der Waals surface area contributed by atoms with Gasteiger partial charge in [-0.2, -0.15) is 4.52 Å². The summed E-state index contributed by atoms with van der Waals surface area (Å²) in [7, 11) is 3.05. The number of hydrogen-bond acceptors (Lipinski definition) is 6. The van der Waals surface area contributed by atoms with Crippen LogP contribution in [0.5, 0.6) is 11.5 Å². The number of ketones is 1. The molecule has 2 aromatic carbocycles. The third-order valence-corrected chi connectivity index (χ3v) is 4.56. The van der Waals surface area contributed by atoms with Gasteiger partial charge in [-0.3, -0.25) is 9.36 Å². The maximum atomic E-state index is 13.1. The van der Waals surface area contributed by atoms with Gasteiger partial charge in [0.2, 0.25) is 0 Å². The number of rotatable bonds is 5. The van der Waals surface area contributed by atoms with Crippen molar-refractivity contribution in [2.75, 3.05) is 14.2 Å². The first-order valence-corrected chi connectivity index (χ1v) is 8.63. The van der Waals surface area contributed by atoms with Gasteiger partial charge in [0, 0.05) is 17.0 Å². The zero-order valence-corrected chi connectivity index (χ0v) is 15.7. The van der Waals surface area contributed by atoms with Crippen LogP contribution in [0, 0.1) is 6.92 Å². The van der Waals surface area contributed by atoms with Gasteiger partial charge in [-0.15, -0.1) is 5.10 Å². The van der Waals surface area contributed by atoms with Gasteiger partial charge in [-0.1, -0.05) is 30.3 Å². The number of Topliss-reactive ketones (excluding diaryl/α,β-unsaturated/α-hetero) is 1. The van der Waals surface area contributed by atoms with E-state index in [4.69, 9.17) is 9.47 Å². The monoisotopic (exact) mass is 378 g/mol. The Balaban J connectivity index is 2.01. The molecule has 0 saturated heterocycles. The van der Waals surface area contributed by atoms with Gasteiger partial charge in [-0.25, -0.2) is 9.78 Å². The van der Waals surface area contributed by atoms with E-state index in [1.54, 1.807) is 43.3 Å². The second-order valence-corrected chi connectivity index (χ2v) is 6.28. The Morgan fingerprint density at radius 1 is 1.07 bits per heavy atom. The Hall–Kier alpha value is -3.68. The molecule has 2 aromatic heterocycles. The zero-order chi connectivity index (χ0) is 19.8. The number of ether oxygens (including phenoxy) is 2. The van der Waals surface area contributed by atoms with Gasteiger partial charge < -0.3 is 9.47 Å². The van der Waals surface area contributed by atoms with Crippen molar-refractivity contribution in [3.63, 3.8) is 0 Å². The predicted molar refractivity (Wildman–Crippen MR) is 103 cm³/mol. The van der Waals surface area contributed by atoms with Crippen molar-refractivity contribution < 1.29 is 14.3 Å². The highest BCUT2D eigenvalue weighted by molar-refractivity contribution is 5.98. The largest absolute Gasteiger partial charge is 0.493 e. The van der Waals surface area contributed by atoms with Gasteiger partial charge in [0.05, 0.1) is 26.3 Å². The van der Waals surface area contributed by atoms with Crippen LogP contribution in [0.25, 0.3) is 16.6 Å². The van der Waals surface area contributed by atoms with E-state index < -0.39 is 5.69 Å². The van der Waals surface area contributed by atoms with E-state index in [1.807, 2.05) is 6.07 Å². The van der Waals surface area contributed by atoms with E-state index in [0.717, 1.165) is 0 Å². The molecule has 28 heavy (non-hydrogen) atoms. The van der Waals surface area contributed by atoms with E-state index in [-0.39, 0.29) is 12.3 Å². The second-order valence-electron chi connectivity index (χ2n) is 6.28. The van der Waals surface area contributed by atoms with Gasteiger partial charge in [-0.05, 0) is 13.0 Å². The first-order chi connectivity index (χ1) is 13.5. The number of carbonyl (C=O) groups is 1. The number of nitrogens with zero attached hydrogens (tertiary/aromatic N) is 4. The van der Waals surface area contributed by atoms with Crippen molar-refractivity contribution in [2.24, 2.45) is 0 Å². The molecular formula is C20H18N4O4. The highest BCUT2D eigenvalue weighted by Crippen LogP contribution is 2.33. The minimum atomic E-state index is -0.445. The summed E-state index contributed by atoms with van der Waals surface area (Å²) in [6.45, 7) is 1.57. The number of fused-ring (bicyclic) bond motifs is 3. The van der Waals surface area contributed by atoms with Crippen LogP contribution in [0.2, 0.25) is 0 Å². The summed E-state index contributed by atoms with van der Waals surface area (Å²) in [5.41, 5.74) is 1.01. The lowest BCUT2D eigenvalue weighted by atomic mass is 10.1. The van der Waals surface area contributed by atoms with Crippen LogP contribution in [0.4, 0.5) is 0 Å². The Bertz CT molecular complexity index is 1260. The number of hydrogen-bond donors (Lipinski definition) is 0. The molecule has 0 fully saturated rings. The van der Waals surface area contributed by atoms with E-state index in [1.165, 1.54) is 23.3 Å². The fraction of sp³-hybridized carbons (Fsp3) is 0.200. The van der Waals surface area contributed by atoms with Crippen LogP contribution in [0.15, 0.2) is 47.3 Å². The van der Waals surface area contributed by atoms with Gasteiger partial charge >= 0.3 is 5.69 Å². The van der Waals surface area contributed by atoms with E-state index >= 15 is 0 Å². The smallest absolute Gasteiger partial charge is 0.351 e. The second kappa shape index (κ2) is 6.80. The molecule has 0 bridgehead atoms. The molecule has 0 amide bonds. The van der Waals surface area contributed by atoms with Crippen LogP contribution in [0.1, 0.15) is 16.2 Å². The summed E-state index contributed by atoms with van der Waals surface area (Å²) >= 11 is 0. The number of carbonyl (C=O) groups excluding carboxylic acids is 1. The molecule has 4 aromatic rings. The highest BCUT2D eigenvalue weighted by atomic mass is 16.5. The fourth-order valence-electron chi connectivity index (χ4n) is 3.22. The van der Waals surface area contributed by atoms with Crippen molar-refractivity contribution in [2.45, 2.75) is 13.5 Å². The summed E-state index contributed by atoms with van der Waals surface area (Å²) in [5, 5.41) is 4.83. The number of methoxy groups -OCH3 is 2. The molecule has 0 aliphatic carbocycles. The number of aryl methyl sites for hydroxylation is 1. The minimum Gasteiger partial charge on any atom is -0.493 e. The van der Waals surface area contributed by atoms with Crippen molar-refractivity contribution in [3.05, 3.63) is 64.3 Å². The van der Waals surface area contributed by atoms with Crippen LogP contribution in [-0.4, -0.2) is 39.2 Å². The molecule has 0 atom stereocenters. The quantitative estimate of drug-likeness (QED) is 0.495. The number of benzene rings is 2. The Morgan fingerprint density at radius 2 is 1.75 bits per heavy atom. The average Bonchev–Trinajstić information content (AvgIpc) is 3.12. The van der Waals surface area contributed by atoms with Gasteiger partial charge in [0.15, 0.2) is 22.9 Å². The Labute approximate surface area is 160 Å². The molecule has 142 valence electrons. The first-order valence-electron chi connectivity index (χ1n) is 8.63. The number of aromatic nitrogens is 4. The van der Waals surface area contributed by atoms with Gasteiger partial charge in [0.1, 0.15) is 5.82 Å². The minimum absolute atomic E-state index is 0.135. The SMILES string of the molecule is COc1cc2c(cc1OC)n(CC(=O)c1ccccc1)c(=O)n1nc(C)nc21. The van der Waals surface area contributed by atoms with Crippen molar-refractivity contribution in [1.29, 1.82) is 0 Å². The fourth-order valence-corrected chi connectivity index (χ4v) is 3.22. The molecule has 2 heterocycles. The first kappa shape index (κ1) is 17.7. The average molecular weight is 378 g/mol. The summed E-state index contributed by atoms with van der Waals surface area (Å²) in [4.78, 5) is 30.2. The molecule has 8 heteroatoms. The van der Waals surface area contributed by atoms with Crippen LogP contribution < -0.4 is 15.2 Å². The summed E-state index contributed by atoms with van der Waals surface area (Å²) in [5.74, 6) is 1.23. The maximum Gasteiger partial charge on any atom is 0.351 e. The molecule has 4 rings (SSSR count). The Kier molecular flexibility index (Phi) is 4.31. The highest BCUT2D eigenvalue weighted by Gasteiger charge is 2.19. The normalized spacial score (nSPS) is 11.1. The third-order valence-electron chi connectivity index (χ3n) is 4.56. The topological polar surface area (TPSA) is 87.7 Å². The molecule has 0 aliphatic heterocycles. The molecule has 0 unspecified atom stereocenters. The predicted octanol–water partition coefficient (Wildman–Crippen LogP) is 2.25. The van der Waals surface area contributed by atoms with Crippen molar-refractivity contribution in [3.8, 4) is 11.5 Å². The maximum absolute atomic E-state index is 13.1. The lowest BCUT2D eigenvalue weighted by Crippen LogP contribution is -2.30. The van der Waals surface area contributed by atoms with E-state index in [9.17, 15) is 9.59 Å². The van der Waals surface area contributed by atoms with Crippen LogP contribution in [-0.2, 0) is 6.54 Å². The summed E-state index contributed by atoms with van der Waals surface area (Å²) in [6.07, 6.45) is 0. The lowest BCUT2D eigenvalue weighted by Gasteiger charge is -2.14. The van der Waals surface area contributed by atoms with Crippen molar-refractivity contribution in [1.82, 2.24) is 19.2 Å². The van der Waals surface area contributed by atoms with Gasteiger partial charge in [0.25, 0.3) is 0 Å². The standard InChI is InChI=1S/C20H18N4O4/c1-12-21-19-14-9-17(27-2)18(28-3)10-15(14)23(20(26)24(19)22-12)11-16(25)13-7-5-4-6-8-13/h4-10H,11H2,1-3H3. The van der Waals surface area contributed by atoms with E-state index in [0.29, 0.717) is 39.4 Å². The lowest BCUT2D eigenvalue weighted by molar-refractivity contribution is 0.0971. The molecule has 0 N–H and O–H groups in total. The van der Waals surface area contributed by atoms with E-state index in [2.05, 4.69) is 10.1 Å². The summed E-state index contributed by atoms with van der Waals surface area (Å²) < 4.78 is 13.4. The molecular weight excluding hydrogens is 360 g/mol. The van der Waals surface area contributed by atoms with Crippen molar-refractivity contribution >= 4 is 22.3 Å². The van der Waals surface area contributed by atoms with Crippen LogP contribution in [0.3, 0.4) is 0 Å². The molecule has 8 nitrogen and oxygen atoms in total.